The summed E-state index contributed by atoms with van der Waals surface area (Å²) in [5, 5.41) is 7.29. The summed E-state index contributed by atoms with van der Waals surface area (Å²) in [4.78, 5) is 10.4. The van der Waals surface area contributed by atoms with Gasteiger partial charge in [-0.15, -0.1) is 24.0 Å². The van der Waals surface area contributed by atoms with E-state index in [0.29, 0.717) is 6.04 Å². The molecule has 2 aliphatic heterocycles. The molecule has 2 atom stereocenters. The Kier molecular flexibility index (Phi) is 10.3. The van der Waals surface area contributed by atoms with Gasteiger partial charge in [-0.05, 0) is 84.6 Å². The van der Waals surface area contributed by atoms with Gasteiger partial charge in [-0.1, -0.05) is 26.2 Å². The van der Waals surface area contributed by atoms with Gasteiger partial charge in [0.25, 0.3) is 0 Å². The Bertz CT molecular complexity index is 470. The zero-order valence-corrected chi connectivity index (χ0v) is 20.8. The van der Waals surface area contributed by atoms with E-state index in [1.54, 1.807) is 0 Å². The highest BCUT2D eigenvalue weighted by atomic mass is 127. The van der Waals surface area contributed by atoms with Crippen molar-refractivity contribution in [1.82, 2.24) is 20.4 Å². The minimum absolute atomic E-state index is 0. The van der Waals surface area contributed by atoms with Crippen LogP contribution in [0.1, 0.15) is 71.6 Å². The quantitative estimate of drug-likeness (QED) is 0.340. The molecule has 0 amide bonds. The molecule has 0 bridgehead atoms. The molecule has 3 rings (SSSR count). The first kappa shape index (κ1) is 24.2. The number of hydrogen-bond donors (Lipinski definition) is 2. The number of rotatable bonds is 5. The third kappa shape index (κ3) is 6.73. The molecular formula is C22H44IN5. The number of halogens is 1. The third-order valence-corrected chi connectivity index (χ3v) is 7.10. The van der Waals surface area contributed by atoms with E-state index in [2.05, 4.69) is 41.3 Å². The second-order valence-electron chi connectivity index (χ2n) is 9.38. The van der Waals surface area contributed by atoms with Gasteiger partial charge in [0.15, 0.2) is 5.96 Å². The summed E-state index contributed by atoms with van der Waals surface area (Å²) in [6, 6.07) is 0.593. The van der Waals surface area contributed by atoms with Crippen molar-refractivity contribution in [2.45, 2.75) is 83.2 Å². The fourth-order valence-electron chi connectivity index (χ4n) is 5.28. The number of hydrogen-bond acceptors (Lipinski definition) is 3. The normalized spacial score (nSPS) is 29.8. The molecule has 2 unspecified atom stereocenters. The zero-order valence-electron chi connectivity index (χ0n) is 18.5. The summed E-state index contributed by atoms with van der Waals surface area (Å²) >= 11 is 0. The lowest BCUT2D eigenvalue weighted by Gasteiger charge is -2.49. The van der Waals surface area contributed by atoms with E-state index >= 15 is 0 Å². The van der Waals surface area contributed by atoms with Gasteiger partial charge in [0, 0.05) is 18.1 Å². The number of aliphatic imine (C=N–C) groups is 1. The van der Waals surface area contributed by atoms with Crippen LogP contribution < -0.4 is 10.6 Å². The summed E-state index contributed by atoms with van der Waals surface area (Å²) in [6.45, 7) is 11.4. The Morgan fingerprint density at radius 1 is 1.04 bits per heavy atom. The summed E-state index contributed by atoms with van der Waals surface area (Å²) in [7, 11) is 2.26. The fourth-order valence-corrected chi connectivity index (χ4v) is 5.28. The van der Waals surface area contributed by atoms with Crippen molar-refractivity contribution in [1.29, 1.82) is 0 Å². The first-order valence-electron chi connectivity index (χ1n) is 11.6. The van der Waals surface area contributed by atoms with E-state index in [1.807, 2.05) is 0 Å². The predicted octanol–water partition coefficient (Wildman–Crippen LogP) is 3.69. The maximum atomic E-state index is 5.16. The predicted molar refractivity (Wildman–Crippen MR) is 131 cm³/mol. The van der Waals surface area contributed by atoms with Gasteiger partial charge >= 0.3 is 0 Å². The zero-order chi connectivity index (χ0) is 19.1. The van der Waals surface area contributed by atoms with Crippen LogP contribution in [0.15, 0.2) is 4.99 Å². The first-order chi connectivity index (χ1) is 13.1. The number of piperidine rings is 2. The monoisotopic (exact) mass is 505 g/mol. The van der Waals surface area contributed by atoms with Gasteiger partial charge in [0.05, 0.1) is 6.54 Å². The maximum absolute atomic E-state index is 5.16. The van der Waals surface area contributed by atoms with Crippen molar-refractivity contribution in [3.63, 3.8) is 0 Å². The molecule has 3 aliphatic rings. The molecule has 0 aromatic rings. The second kappa shape index (κ2) is 11.9. The van der Waals surface area contributed by atoms with E-state index in [0.717, 1.165) is 25.0 Å². The van der Waals surface area contributed by atoms with Crippen LogP contribution in [0.2, 0.25) is 0 Å². The van der Waals surface area contributed by atoms with Gasteiger partial charge in [0.2, 0.25) is 0 Å². The van der Waals surface area contributed by atoms with E-state index in [9.17, 15) is 0 Å². The molecule has 1 saturated carbocycles. The Morgan fingerprint density at radius 3 is 2.39 bits per heavy atom. The van der Waals surface area contributed by atoms with Crippen molar-refractivity contribution < 1.29 is 0 Å². The van der Waals surface area contributed by atoms with Crippen LogP contribution in [-0.4, -0.2) is 73.7 Å². The average Bonchev–Trinajstić information content (AvgIpc) is 2.69. The molecule has 0 spiro atoms. The van der Waals surface area contributed by atoms with Gasteiger partial charge in [-0.2, -0.15) is 0 Å². The molecule has 28 heavy (non-hydrogen) atoms. The van der Waals surface area contributed by atoms with Gasteiger partial charge < -0.3 is 15.5 Å². The Hall–Kier alpha value is -0.0800. The summed E-state index contributed by atoms with van der Waals surface area (Å²) in [6.07, 6.45) is 11.9. The van der Waals surface area contributed by atoms with E-state index < -0.39 is 0 Å². The van der Waals surface area contributed by atoms with Crippen molar-refractivity contribution in [2.75, 3.05) is 46.3 Å². The molecule has 0 radical (unpaired) electrons. The van der Waals surface area contributed by atoms with Crippen molar-refractivity contribution in [2.24, 2.45) is 10.9 Å². The van der Waals surface area contributed by atoms with Crippen LogP contribution >= 0.6 is 24.0 Å². The molecule has 2 heterocycles. The Labute approximate surface area is 190 Å². The van der Waals surface area contributed by atoms with Crippen LogP contribution in [-0.2, 0) is 0 Å². The summed E-state index contributed by atoms with van der Waals surface area (Å²) in [5.74, 6) is 1.89. The minimum atomic E-state index is 0. The van der Waals surface area contributed by atoms with Gasteiger partial charge in [-0.25, -0.2) is 0 Å². The Morgan fingerprint density at radius 2 is 1.75 bits per heavy atom. The van der Waals surface area contributed by atoms with Gasteiger partial charge in [-0.3, -0.25) is 9.89 Å². The lowest BCUT2D eigenvalue weighted by Crippen LogP contribution is -2.58. The van der Waals surface area contributed by atoms with Crippen molar-refractivity contribution >= 4 is 29.9 Å². The van der Waals surface area contributed by atoms with E-state index in [4.69, 9.17) is 4.99 Å². The molecule has 164 valence electrons. The second-order valence-corrected chi connectivity index (χ2v) is 9.38. The van der Waals surface area contributed by atoms with Crippen LogP contribution in [0.5, 0.6) is 0 Å². The smallest absolute Gasteiger partial charge is 0.191 e. The third-order valence-electron chi connectivity index (χ3n) is 7.10. The molecular weight excluding hydrogens is 461 g/mol. The lowest BCUT2D eigenvalue weighted by atomic mass is 9.84. The average molecular weight is 506 g/mol. The molecule has 5 nitrogen and oxygen atoms in total. The molecule has 0 aromatic heterocycles. The van der Waals surface area contributed by atoms with E-state index in [1.165, 1.54) is 84.0 Å². The van der Waals surface area contributed by atoms with Crippen LogP contribution in [0.3, 0.4) is 0 Å². The molecule has 3 fully saturated rings. The number of likely N-dealkylation sites (tertiary alicyclic amines) is 2. The molecule has 2 N–H and O–H groups in total. The van der Waals surface area contributed by atoms with Crippen molar-refractivity contribution in [3.8, 4) is 0 Å². The standard InChI is InChI=1S/C22H43N5.HI/c1-4-23-21(25-20-10-8-9-19(2)17-20)24-18-22(11-15-26(3)16-12-22)27-13-6-5-7-14-27;/h19-20H,4-18H2,1-3H3,(H2,23,24,25);1H. The highest BCUT2D eigenvalue weighted by molar-refractivity contribution is 14.0. The fraction of sp³-hybridized carbons (Fsp3) is 0.955. The number of guanidine groups is 1. The van der Waals surface area contributed by atoms with Crippen LogP contribution in [0, 0.1) is 5.92 Å². The first-order valence-corrected chi connectivity index (χ1v) is 11.6. The largest absolute Gasteiger partial charge is 0.357 e. The van der Waals surface area contributed by atoms with Gasteiger partial charge in [0.1, 0.15) is 0 Å². The summed E-state index contributed by atoms with van der Waals surface area (Å²) in [5.41, 5.74) is 0.273. The Balaban J connectivity index is 0.00000280. The maximum Gasteiger partial charge on any atom is 0.191 e. The molecule has 0 aromatic carbocycles. The minimum Gasteiger partial charge on any atom is -0.357 e. The number of nitrogens with zero attached hydrogens (tertiary/aromatic N) is 3. The van der Waals surface area contributed by atoms with Crippen LogP contribution in [0.4, 0.5) is 0 Å². The van der Waals surface area contributed by atoms with Crippen molar-refractivity contribution in [3.05, 3.63) is 0 Å². The topological polar surface area (TPSA) is 42.9 Å². The summed E-state index contributed by atoms with van der Waals surface area (Å²) < 4.78 is 0. The SMILES string of the molecule is CCNC(=NCC1(N2CCCCC2)CCN(C)CC1)NC1CCCC(C)C1.I. The molecule has 6 heteroatoms. The lowest BCUT2D eigenvalue weighted by molar-refractivity contribution is 0.0208. The number of nitrogens with one attached hydrogen (secondary N) is 2. The molecule has 2 saturated heterocycles. The highest BCUT2D eigenvalue weighted by Gasteiger charge is 2.39. The van der Waals surface area contributed by atoms with Crippen LogP contribution in [0.25, 0.3) is 0 Å². The highest BCUT2D eigenvalue weighted by Crippen LogP contribution is 2.32. The molecule has 1 aliphatic carbocycles. The van der Waals surface area contributed by atoms with E-state index in [-0.39, 0.29) is 29.5 Å².